The molecule has 1 amide bonds. The molecule has 28 heavy (non-hydrogen) atoms. The van der Waals surface area contributed by atoms with Crippen molar-refractivity contribution in [2.75, 3.05) is 13.2 Å². The Morgan fingerprint density at radius 2 is 1.89 bits per heavy atom. The van der Waals surface area contributed by atoms with Crippen LogP contribution in [0.15, 0.2) is 47.4 Å². The van der Waals surface area contributed by atoms with E-state index < -0.39 is 5.21 Å². The summed E-state index contributed by atoms with van der Waals surface area (Å²) in [6.07, 6.45) is 2.96. The minimum absolute atomic E-state index is 0.186. The van der Waals surface area contributed by atoms with Gasteiger partial charge in [-0.05, 0) is 31.0 Å². The number of carbonyl (C=O) groups is 1. The van der Waals surface area contributed by atoms with E-state index in [4.69, 9.17) is 24.8 Å². The fraction of sp³-hybridized carbons (Fsp3) is 0.238. The second-order valence-corrected chi connectivity index (χ2v) is 6.98. The topological polar surface area (TPSA) is 64.4 Å². The predicted octanol–water partition coefficient (Wildman–Crippen LogP) is 2.62. The van der Waals surface area contributed by atoms with Crippen LogP contribution in [0.1, 0.15) is 32.6 Å². The molecule has 0 saturated heterocycles. The number of hydrogen-bond donors (Lipinski definition) is 1. The summed E-state index contributed by atoms with van der Waals surface area (Å²) in [7, 11) is 13.2. The molecular formula is C21H18B2N2O3. The van der Waals surface area contributed by atoms with Crippen LogP contribution < -0.4 is 10.1 Å². The first-order valence-electron chi connectivity index (χ1n) is 9.02. The first-order chi connectivity index (χ1) is 13.4. The van der Waals surface area contributed by atoms with Crippen LogP contribution >= 0.6 is 0 Å². The highest BCUT2D eigenvalue weighted by atomic mass is 16.5. The minimum Gasteiger partial charge on any atom is -0.491 e. The molecule has 7 heteroatoms. The number of fused-ring (bicyclic) bond motifs is 1. The van der Waals surface area contributed by atoms with Gasteiger partial charge in [-0.1, -0.05) is 40.6 Å². The van der Waals surface area contributed by atoms with Crippen molar-refractivity contribution in [3.8, 4) is 17.0 Å². The summed E-state index contributed by atoms with van der Waals surface area (Å²) in [4.78, 5) is 16.6. The van der Waals surface area contributed by atoms with Gasteiger partial charge in [-0.25, -0.2) is 4.98 Å². The highest BCUT2D eigenvalue weighted by Gasteiger charge is 2.29. The molecule has 0 aliphatic carbocycles. The summed E-state index contributed by atoms with van der Waals surface area (Å²) in [6.45, 7) is 4.74. The maximum atomic E-state index is 12.5. The number of nitrogens with zero attached hydrogens (tertiary/aromatic N) is 1. The van der Waals surface area contributed by atoms with E-state index in [2.05, 4.69) is 10.3 Å². The van der Waals surface area contributed by atoms with Gasteiger partial charge in [0.25, 0.3) is 5.91 Å². The van der Waals surface area contributed by atoms with Crippen LogP contribution in [0.25, 0.3) is 11.3 Å². The third-order valence-electron chi connectivity index (χ3n) is 5.26. The normalized spacial score (nSPS) is 14.0. The van der Waals surface area contributed by atoms with Crippen LogP contribution in [-0.2, 0) is 5.21 Å². The van der Waals surface area contributed by atoms with Crippen molar-refractivity contribution in [2.24, 2.45) is 0 Å². The van der Waals surface area contributed by atoms with Gasteiger partial charge >= 0.3 is 0 Å². The average molecular weight is 368 g/mol. The molecule has 1 N–H and O–H groups in total. The van der Waals surface area contributed by atoms with Crippen molar-refractivity contribution in [1.82, 2.24) is 10.3 Å². The van der Waals surface area contributed by atoms with E-state index in [-0.39, 0.29) is 5.91 Å². The van der Waals surface area contributed by atoms with E-state index in [1.807, 2.05) is 38.1 Å². The van der Waals surface area contributed by atoms with E-state index >= 15 is 0 Å². The molecule has 2 heterocycles. The monoisotopic (exact) mass is 368 g/mol. The van der Waals surface area contributed by atoms with E-state index in [9.17, 15) is 4.79 Å². The fourth-order valence-corrected chi connectivity index (χ4v) is 3.52. The number of oxazole rings is 1. The number of carbonyl (C=O) groups excluding carboxylic acids is 1. The zero-order valence-corrected chi connectivity index (χ0v) is 15.8. The van der Waals surface area contributed by atoms with Crippen LogP contribution in [0.4, 0.5) is 0 Å². The Morgan fingerprint density at radius 1 is 1.14 bits per heavy atom. The van der Waals surface area contributed by atoms with Gasteiger partial charge in [0.2, 0.25) is 0 Å². The van der Waals surface area contributed by atoms with Crippen molar-refractivity contribution >= 4 is 21.6 Å². The van der Waals surface area contributed by atoms with E-state index in [1.54, 1.807) is 12.3 Å². The van der Waals surface area contributed by atoms with Crippen molar-refractivity contribution in [2.45, 2.75) is 19.1 Å². The number of aromatic nitrogens is 1. The lowest BCUT2D eigenvalue weighted by molar-refractivity contribution is 0.0957. The summed E-state index contributed by atoms with van der Waals surface area (Å²) < 4.78 is 10.8. The highest BCUT2D eigenvalue weighted by molar-refractivity contribution is 6.42. The van der Waals surface area contributed by atoms with Gasteiger partial charge in [0.15, 0.2) is 6.39 Å². The zero-order chi connectivity index (χ0) is 19.9. The molecule has 1 aromatic heterocycles. The number of benzene rings is 2. The molecule has 0 saturated carbocycles. The third-order valence-corrected chi connectivity index (χ3v) is 5.26. The van der Waals surface area contributed by atoms with E-state index in [1.165, 1.54) is 6.39 Å². The smallest absolute Gasteiger partial charge is 0.255 e. The predicted molar refractivity (Wildman–Crippen MR) is 108 cm³/mol. The van der Waals surface area contributed by atoms with Crippen molar-refractivity contribution in [3.63, 3.8) is 0 Å². The summed E-state index contributed by atoms with van der Waals surface area (Å²) >= 11 is 0. The van der Waals surface area contributed by atoms with Crippen LogP contribution in [0.3, 0.4) is 0 Å². The third kappa shape index (κ3) is 3.01. The van der Waals surface area contributed by atoms with Crippen LogP contribution in [-0.4, -0.2) is 39.7 Å². The molecule has 2 aromatic carbocycles. The van der Waals surface area contributed by atoms with Crippen LogP contribution in [0.2, 0.25) is 0 Å². The maximum absolute atomic E-state index is 12.5. The maximum Gasteiger partial charge on any atom is 0.255 e. The molecule has 136 valence electrons. The lowest BCUT2D eigenvalue weighted by Crippen LogP contribution is -2.31. The highest BCUT2D eigenvalue weighted by Crippen LogP contribution is 2.37. The second kappa shape index (κ2) is 6.89. The lowest BCUT2D eigenvalue weighted by atomic mass is 9.47. The lowest BCUT2D eigenvalue weighted by Gasteiger charge is -2.31. The molecule has 0 unspecified atom stereocenters. The van der Waals surface area contributed by atoms with Gasteiger partial charge in [-0.2, -0.15) is 0 Å². The van der Waals surface area contributed by atoms with Gasteiger partial charge < -0.3 is 14.5 Å². The molecule has 3 aromatic rings. The number of hydrogen-bond acceptors (Lipinski definition) is 4. The van der Waals surface area contributed by atoms with Gasteiger partial charge in [0.05, 0.1) is 27.8 Å². The molecule has 1 aliphatic heterocycles. The van der Waals surface area contributed by atoms with Gasteiger partial charge in [-0.3, -0.25) is 4.79 Å². The molecule has 4 rings (SSSR count). The molecule has 5 nitrogen and oxygen atoms in total. The number of nitrogens with one attached hydrogen (secondary N) is 1. The Balaban J connectivity index is 1.79. The summed E-state index contributed by atoms with van der Waals surface area (Å²) in [5.74, 6) is 0.405. The largest absolute Gasteiger partial charge is 0.491 e. The first kappa shape index (κ1) is 18.4. The Morgan fingerprint density at radius 3 is 2.57 bits per heavy atom. The van der Waals surface area contributed by atoms with Gasteiger partial charge in [0, 0.05) is 5.56 Å². The quantitative estimate of drug-likeness (QED) is 0.722. The van der Waals surface area contributed by atoms with Gasteiger partial charge in [-0.15, -0.1) is 0 Å². The number of amides is 1. The Bertz CT molecular complexity index is 1030. The van der Waals surface area contributed by atoms with E-state index in [0.717, 1.165) is 27.9 Å². The molecule has 0 fully saturated rings. The zero-order valence-electron chi connectivity index (χ0n) is 15.8. The second-order valence-electron chi connectivity index (χ2n) is 6.98. The fourth-order valence-electron chi connectivity index (χ4n) is 3.52. The molecule has 4 radical (unpaired) electrons. The molecule has 0 spiro atoms. The van der Waals surface area contributed by atoms with Crippen molar-refractivity contribution < 1.29 is 13.9 Å². The summed E-state index contributed by atoms with van der Waals surface area (Å²) in [5.41, 5.74) is 5.25. The Hall–Kier alpha value is -2.95. The summed E-state index contributed by atoms with van der Waals surface area (Å²) in [6, 6.07) is 9.25. The average Bonchev–Trinajstić information content (AvgIpc) is 3.16. The molecule has 0 bridgehead atoms. The van der Waals surface area contributed by atoms with E-state index in [0.29, 0.717) is 30.0 Å². The van der Waals surface area contributed by atoms with Crippen LogP contribution in [0.5, 0.6) is 5.75 Å². The first-order valence-corrected chi connectivity index (χ1v) is 9.02. The summed E-state index contributed by atoms with van der Waals surface area (Å²) in [5, 5.41) is 1.55. The van der Waals surface area contributed by atoms with Crippen molar-refractivity contribution in [3.05, 3.63) is 70.8 Å². The minimum atomic E-state index is -1.28. The van der Waals surface area contributed by atoms with Crippen LogP contribution in [0, 0.1) is 13.8 Å². The van der Waals surface area contributed by atoms with Gasteiger partial charge in [0.1, 0.15) is 24.3 Å². The molecule has 1 aliphatic rings. The molecule has 0 atom stereocenters. The number of ether oxygens (including phenoxy) is 1. The Kier molecular flexibility index (Phi) is 4.53. The Labute approximate surface area is 166 Å². The van der Waals surface area contributed by atoms with Crippen molar-refractivity contribution in [1.29, 1.82) is 0 Å². The molecular weight excluding hydrogens is 350 g/mol. The SMILES string of the molecule is [B]C([B])(c1ccc(-c2cocn2)cc1)c1cc2c(c(C)c1C)OCCNC2=O. The standard InChI is InChI=1S/C21H18B2N2O3/c1-12-13(2)19-16(20(26)24-7-8-28-19)9-17(12)21(22,23)15-5-3-14(4-6-15)18-10-27-11-25-18/h3-6,9-11H,7-8H2,1-2H3,(H,24,26). The number of rotatable bonds is 3.